The van der Waals surface area contributed by atoms with Crippen LogP contribution in [0, 0.1) is 0 Å². The number of thioether (sulfide) groups is 1. The van der Waals surface area contributed by atoms with E-state index in [0.717, 1.165) is 60.8 Å². The molecule has 1 unspecified atom stereocenters. The summed E-state index contributed by atoms with van der Waals surface area (Å²) in [4.78, 5) is 23.9. The number of hydrogen-bond acceptors (Lipinski definition) is 7. The van der Waals surface area contributed by atoms with Crippen molar-refractivity contribution in [1.29, 1.82) is 0 Å². The maximum Gasteiger partial charge on any atom is 0.266 e. The number of fused-ring (bicyclic) bond motifs is 2. The number of hydrogen-bond donors (Lipinski definition) is 1. The summed E-state index contributed by atoms with van der Waals surface area (Å²) in [6.45, 7) is 3.27. The van der Waals surface area contributed by atoms with E-state index in [1.54, 1.807) is 17.8 Å². The second-order valence-corrected chi connectivity index (χ2v) is 10.5. The molecule has 2 aromatic heterocycles. The fourth-order valence-electron chi connectivity index (χ4n) is 5.16. The zero-order chi connectivity index (χ0) is 21.4. The molecule has 0 spiro atoms. The second-order valence-electron chi connectivity index (χ2n) is 9.44. The maximum atomic E-state index is 12.4. The van der Waals surface area contributed by atoms with Gasteiger partial charge in [-0.25, -0.2) is 14.6 Å². The lowest BCUT2D eigenvalue weighted by Gasteiger charge is -2.43. The fraction of sp³-hybridized carbons (Fsp3) is 0.652. The highest BCUT2D eigenvalue weighted by Crippen LogP contribution is 2.42. The van der Waals surface area contributed by atoms with E-state index in [2.05, 4.69) is 26.9 Å². The molecule has 0 aromatic carbocycles. The SMILES string of the molecule is CCCSc1ncc(CN2[C@@H]3CC[C@H]2CC(O)(Cn2nc(C4CC4)ccc2=O)C3)cn1. The molecule has 1 aliphatic carbocycles. The molecule has 3 fully saturated rings. The zero-order valence-corrected chi connectivity index (χ0v) is 18.9. The van der Waals surface area contributed by atoms with E-state index in [9.17, 15) is 9.90 Å². The first kappa shape index (κ1) is 21.1. The molecule has 0 amide bonds. The van der Waals surface area contributed by atoms with Crippen LogP contribution < -0.4 is 5.56 Å². The van der Waals surface area contributed by atoms with Gasteiger partial charge < -0.3 is 5.11 Å². The van der Waals surface area contributed by atoms with Crippen molar-refractivity contribution in [3.8, 4) is 0 Å². The van der Waals surface area contributed by atoms with Gasteiger partial charge in [0.25, 0.3) is 5.56 Å². The summed E-state index contributed by atoms with van der Waals surface area (Å²) in [5.41, 5.74) is 1.12. The van der Waals surface area contributed by atoms with Crippen LogP contribution in [-0.2, 0) is 13.1 Å². The molecule has 2 bridgehead atoms. The minimum atomic E-state index is -0.877. The van der Waals surface area contributed by atoms with Crippen LogP contribution in [-0.4, -0.2) is 53.2 Å². The van der Waals surface area contributed by atoms with Crippen LogP contribution >= 0.6 is 11.8 Å². The first-order chi connectivity index (χ1) is 15.0. The van der Waals surface area contributed by atoms with Crippen LogP contribution in [0.1, 0.15) is 69.0 Å². The van der Waals surface area contributed by atoms with Gasteiger partial charge >= 0.3 is 0 Å². The quantitative estimate of drug-likeness (QED) is 0.498. The Morgan fingerprint density at radius 1 is 1.13 bits per heavy atom. The van der Waals surface area contributed by atoms with Crippen molar-refractivity contribution in [2.24, 2.45) is 0 Å². The van der Waals surface area contributed by atoms with Gasteiger partial charge in [0.05, 0.1) is 17.8 Å². The molecule has 3 aliphatic rings. The van der Waals surface area contributed by atoms with Gasteiger partial charge in [-0.3, -0.25) is 9.69 Å². The third-order valence-electron chi connectivity index (χ3n) is 6.81. The van der Waals surface area contributed by atoms with E-state index in [-0.39, 0.29) is 5.56 Å². The molecule has 5 rings (SSSR count). The van der Waals surface area contributed by atoms with Crippen molar-refractivity contribution in [3.63, 3.8) is 0 Å². The van der Waals surface area contributed by atoms with Crippen LogP contribution in [0.4, 0.5) is 0 Å². The Labute approximate surface area is 187 Å². The first-order valence-electron chi connectivity index (χ1n) is 11.5. The summed E-state index contributed by atoms with van der Waals surface area (Å²) in [7, 11) is 0. The summed E-state index contributed by atoms with van der Waals surface area (Å²) in [5, 5.41) is 16.8. The molecule has 2 aliphatic heterocycles. The van der Waals surface area contributed by atoms with Crippen molar-refractivity contribution in [3.05, 3.63) is 46.1 Å². The van der Waals surface area contributed by atoms with Gasteiger partial charge in [-0.15, -0.1) is 0 Å². The van der Waals surface area contributed by atoms with Gasteiger partial charge in [0.2, 0.25) is 0 Å². The normalized spacial score (nSPS) is 28.2. The van der Waals surface area contributed by atoms with Crippen LogP contribution in [0.15, 0.2) is 34.5 Å². The molecule has 0 radical (unpaired) electrons. The van der Waals surface area contributed by atoms with Gasteiger partial charge in [-0.05, 0) is 51.0 Å². The maximum absolute atomic E-state index is 12.4. The summed E-state index contributed by atoms with van der Waals surface area (Å²) in [6.07, 6.45) is 10.8. The third-order valence-corrected chi connectivity index (χ3v) is 7.89. The average Bonchev–Trinajstić information content (AvgIpc) is 3.57. The van der Waals surface area contributed by atoms with Gasteiger partial charge in [-0.1, -0.05) is 18.7 Å². The van der Waals surface area contributed by atoms with Gasteiger partial charge in [0.1, 0.15) is 0 Å². The molecule has 3 atom stereocenters. The van der Waals surface area contributed by atoms with Crippen LogP contribution in [0.25, 0.3) is 0 Å². The van der Waals surface area contributed by atoms with Gasteiger partial charge in [-0.2, -0.15) is 5.10 Å². The van der Waals surface area contributed by atoms with E-state index in [1.807, 2.05) is 18.5 Å². The highest BCUT2D eigenvalue weighted by Gasteiger charge is 2.47. The molecule has 166 valence electrons. The number of nitrogens with zero attached hydrogens (tertiary/aromatic N) is 5. The highest BCUT2D eigenvalue weighted by molar-refractivity contribution is 7.99. The number of rotatable bonds is 8. The minimum Gasteiger partial charge on any atom is -0.388 e. The smallest absolute Gasteiger partial charge is 0.266 e. The van der Waals surface area contributed by atoms with Gasteiger partial charge in [0, 0.05) is 54.3 Å². The Morgan fingerprint density at radius 2 is 1.84 bits per heavy atom. The van der Waals surface area contributed by atoms with Crippen molar-refractivity contribution < 1.29 is 5.11 Å². The van der Waals surface area contributed by atoms with E-state index in [0.29, 0.717) is 37.4 Å². The zero-order valence-electron chi connectivity index (χ0n) is 18.1. The van der Waals surface area contributed by atoms with Crippen LogP contribution in [0.5, 0.6) is 0 Å². The number of aromatic nitrogens is 4. The van der Waals surface area contributed by atoms with Crippen LogP contribution in [0.3, 0.4) is 0 Å². The van der Waals surface area contributed by atoms with Crippen molar-refractivity contribution in [2.45, 2.75) is 93.7 Å². The Bertz CT molecular complexity index is 961. The van der Waals surface area contributed by atoms with Crippen molar-refractivity contribution in [1.82, 2.24) is 24.6 Å². The predicted molar refractivity (Wildman–Crippen MR) is 120 cm³/mol. The van der Waals surface area contributed by atoms with E-state index in [1.165, 1.54) is 4.68 Å². The first-order valence-corrected chi connectivity index (χ1v) is 12.5. The largest absolute Gasteiger partial charge is 0.388 e. The minimum absolute atomic E-state index is 0.120. The number of aliphatic hydroxyl groups is 1. The molecular weight excluding hydrogens is 410 g/mol. The lowest BCUT2D eigenvalue weighted by atomic mass is 9.85. The van der Waals surface area contributed by atoms with Crippen LogP contribution in [0.2, 0.25) is 0 Å². The summed E-state index contributed by atoms with van der Waals surface area (Å²) in [6, 6.07) is 4.09. The van der Waals surface area contributed by atoms with Crippen molar-refractivity contribution in [2.75, 3.05) is 5.75 Å². The highest BCUT2D eigenvalue weighted by atomic mass is 32.2. The van der Waals surface area contributed by atoms with E-state index >= 15 is 0 Å². The Kier molecular flexibility index (Phi) is 5.88. The Morgan fingerprint density at radius 3 is 2.48 bits per heavy atom. The number of piperidine rings is 1. The average molecular weight is 442 g/mol. The van der Waals surface area contributed by atoms with Gasteiger partial charge in [0.15, 0.2) is 5.16 Å². The molecule has 31 heavy (non-hydrogen) atoms. The summed E-state index contributed by atoms with van der Waals surface area (Å²) < 4.78 is 1.50. The lowest BCUT2D eigenvalue weighted by molar-refractivity contribution is -0.0678. The predicted octanol–water partition coefficient (Wildman–Crippen LogP) is 2.97. The Balaban J connectivity index is 1.25. The summed E-state index contributed by atoms with van der Waals surface area (Å²) >= 11 is 1.69. The standard InChI is InChI=1S/C23H31N5O2S/c1-2-9-31-22-24-12-16(13-25-22)14-27-18-5-6-19(27)11-23(30,10-18)15-28-21(29)8-7-20(26-28)17-3-4-17/h7-8,12-13,17-19,30H,2-6,9-11,14-15H2,1H3/t18-,19+,23?. The molecule has 8 heteroatoms. The topological polar surface area (TPSA) is 84.1 Å². The monoisotopic (exact) mass is 441 g/mol. The fourth-order valence-corrected chi connectivity index (χ4v) is 5.80. The molecule has 4 heterocycles. The molecule has 2 aromatic rings. The third kappa shape index (κ3) is 4.71. The second kappa shape index (κ2) is 8.64. The lowest BCUT2D eigenvalue weighted by Crippen LogP contribution is -2.53. The molecule has 1 N–H and O–H groups in total. The molecule has 7 nitrogen and oxygen atoms in total. The molecular formula is C23H31N5O2S. The van der Waals surface area contributed by atoms with E-state index in [4.69, 9.17) is 0 Å². The summed E-state index contributed by atoms with van der Waals surface area (Å²) in [5.74, 6) is 1.53. The molecule has 1 saturated carbocycles. The molecule has 2 saturated heterocycles. The van der Waals surface area contributed by atoms with E-state index < -0.39 is 5.60 Å². The Hall–Kier alpha value is -1.77. The van der Waals surface area contributed by atoms with Crippen molar-refractivity contribution >= 4 is 11.8 Å².